The van der Waals surface area contributed by atoms with Gasteiger partial charge in [-0.15, -0.1) is 0 Å². The van der Waals surface area contributed by atoms with E-state index in [2.05, 4.69) is 15.3 Å². The molecule has 2 amide bonds. The zero-order chi connectivity index (χ0) is 17.0. The Balaban J connectivity index is 1.89. The van der Waals surface area contributed by atoms with Gasteiger partial charge in [0.05, 0.1) is 5.69 Å². The van der Waals surface area contributed by atoms with Crippen molar-refractivity contribution in [3.63, 3.8) is 0 Å². The van der Waals surface area contributed by atoms with E-state index in [1.54, 1.807) is 0 Å². The molecule has 122 valence electrons. The number of nitrogens with one attached hydrogen (secondary N) is 2. The molecule has 0 fully saturated rings. The molecule has 1 aromatic rings. The molecule has 7 nitrogen and oxygen atoms in total. The second-order valence-corrected chi connectivity index (χ2v) is 4.44. The Morgan fingerprint density at radius 3 is 2.61 bits per heavy atom. The zero-order valence-electron chi connectivity index (χ0n) is 11.5. The third-order valence-corrected chi connectivity index (χ3v) is 2.78. The Morgan fingerprint density at radius 2 is 1.96 bits per heavy atom. The molecule has 0 aromatic heterocycles. The molecule has 23 heavy (non-hydrogen) atoms. The molecule has 0 aliphatic carbocycles. The van der Waals surface area contributed by atoms with Gasteiger partial charge in [-0.1, -0.05) is 0 Å². The molecule has 10 heteroatoms. The molecule has 1 aromatic carbocycles. The van der Waals surface area contributed by atoms with E-state index in [-0.39, 0.29) is 24.5 Å². The normalized spacial score (nSPS) is 13.9. The van der Waals surface area contributed by atoms with Crippen molar-refractivity contribution in [2.45, 2.75) is 12.8 Å². The highest BCUT2D eigenvalue weighted by atomic mass is 19.2. The van der Waals surface area contributed by atoms with E-state index in [0.29, 0.717) is 6.07 Å². The van der Waals surface area contributed by atoms with Crippen LogP contribution in [0.3, 0.4) is 0 Å². The first kappa shape index (κ1) is 16.5. The predicted molar refractivity (Wildman–Crippen MR) is 70.7 cm³/mol. The van der Waals surface area contributed by atoms with Crippen molar-refractivity contribution in [3.05, 3.63) is 29.6 Å². The SMILES string of the molecule is O=C1CCC(C(=O)OCC(=O)Nc2ccc(F)c(F)c2F)=NN1. The van der Waals surface area contributed by atoms with Gasteiger partial charge in [-0.05, 0) is 12.1 Å². The van der Waals surface area contributed by atoms with E-state index in [4.69, 9.17) is 0 Å². The zero-order valence-corrected chi connectivity index (χ0v) is 11.5. The molecule has 0 spiro atoms. The van der Waals surface area contributed by atoms with Crippen LogP contribution in [-0.2, 0) is 19.1 Å². The largest absolute Gasteiger partial charge is 0.451 e. The summed E-state index contributed by atoms with van der Waals surface area (Å²) in [7, 11) is 0. The van der Waals surface area contributed by atoms with Crippen LogP contribution in [0.4, 0.5) is 18.9 Å². The van der Waals surface area contributed by atoms with Crippen LogP contribution in [0, 0.1) is 17.5 Å². The Labute approximate surface area is 127 Å². The summed E-state index contributed by atoms with van der Waals surface area (Å²) >= 11 is 0. The van der Waals surface area contributed by atoms with Crippen LogP contribution in [0.2, 0.25) is 0 Å². The summed E-state index contributed by atoms with van der Waals surface area (Å²) in [5, 5.41) is 5.40. The molecular formula is C13H10F3N3O4. The van der Waals surface area contributed by atoms with E-state index in [1.807, 2.05) is 5.32 Å². The predicted octanol–water partition coefficient (Wildman–Crippen LogP) is 0.852. The van der Waals surface area contributed by atoms with E-state index < -0.39 is 41.6 Å². The van der Waals surface area contributed by atoms with Crippen LogP contribution in [0.15, 0.2) is 17.2 Å². The van der Waals surface area contributed by atoms with Crippen LogP contribution in [0.25, 0.3) is 0 Å². The van der Waals surface area contributed by atoms with Gasteiger partial charge < -0.3 is 10.1 Å². The number of esters is 1. The maximum absolute atomic E-state index is 13.4. The summed E-state index contributed by atoms with van der Waals surface area (Å²) in [6.07, 6.45) is 0.115. The number of anilines is 1. The highest BCUT2D eigenvalue weighted by Crippen LogP contribution is 2.19. The standard InChI is InChI=1S/C13H10F3N3O4/c14-6-1-2-7(12(16)11(6)15)17-10(21)5-23-13(22)8-3-4-9(20)19-18-8/h1-2H,3-5H2,(H,17,21)(H,19,20). The number of amides is 2. The van der Waals surface area contributed by atoms with Gasteiger partial charge in [0.1, 0.15) is 5.71 Å². The summed E-state index contributed by atoms with van der Waals surface area (Å²) in [5.41, 5.74) is 1.42. The van der Waals surface area contributed by atoms with Crippen molar-refractivity contribution in [1.82, 2.24) is 5.43 Å². The first-order valence-electron chi connectivity index (χ1n) is 6.34. The first-order valence-corrected chi connectivity index (χ1v) is 6.34. The van der Waals surface area contributed by atoms with Crippen molar-refractivity contribution in [2.24, 2.45) is 5.10 Å². The fraction of sp³-hybridized carbons (Fsp3) is 0.231. The molecule has 0 saturated heterocycles. The molecular weight excluding hydrogens is 319 g/mol. The van der Waals surface area contributed by atoms with Crippen LogP contribution >= 0.6 is 0 Å². The molecule has 1 aliphatic heterocycles. The van der Waals surface area contributed by atoms with E-state index in [9.17, 15) is 27.6 Å². The van der Waals surface area contributed by atoms with Gasteiger partial charge in [-0.3, -0.25) is 9.59 Å². The third kappa shape index (κ3) is 4.05. The summed E-state index contributed by atoms with van der Waals surface area (Å²) in [6, 6.07) is 1.47. The van der Waals surface area contributed by atoms with Gasteiger partial charge in [0, 0.05) is 12.8 Å². The van der Waals surface area contributed by atoms with Gasteiger partial charge >= 0.3 is 5.97 Å². The number of nitrogens with zero attached hydrogens (tertiary/aromatic N) is 1. The lowest BCUT2D eigenvalue weighted by molar-refractivity contribution is -0.140. The van der Waals surface area contributed by atoms with Gasteiger partial charge in [0.25, 0.3) is 5.91 Å². The number of benzene rings is 1. The number of ether oxygens (including phenoxy) is 1. The average molecular weight is 329 g/mol. The van der Waals surface area contributed by atoms with Gasteiger partial charge in [-0.2, -0.15) is 5.10 Å². The van der Waals surface area contributed by atoms with Crippen molar-refractivity contribution in [1.29, 1.82) is 0 Å². The van der Waals surface area contributed by atoms with Gasteiger partial charge in [-0.25, -0.2) is 23.4 Å². The maximum atomic E-state index is 13.4. The molecule has 0 atom stereocenters. The molecule has 1 heterocycles. The monoisotopic (exact) mass is 329 g/mol. The first-order chi connectivity index (χ1) is 10.9. The Hall–Kier alpha value is -2.91. The Morgan fingerprint density at radius 1 is 1.22 bits per heavy atom. The van der Waals surface area contributed by atoms with Crippen LogP contribution in [0.1, 0.15) is 12.8 Å². The highest BCUT2D eigenvalue weighted by molar-refractivity contribution is 6.37. The fourth-order valence-corrected chi connectivity index (χ4v) is 1.64. The fourth-order valence-electron chi connectivity index (χ4n) is 1.64. The molecule has 0 bridgehead atoms. The number of hydrogen-bond acceptors (Lipinski definition) is 5. The highest BCUT2D eigenvalue weighted by Gasteiger charge is 2.21. The van der Waals surface area contributed by atoms with E-state index >= 15 is 0 Å². The summed E-state index contributed by atoms with van der Waals surface area (Å²) < 4.78 is 43.7. The lowest BCUT2D eigenvalue weighted by Gasteiger charge is -2.11. The van der Waals surface area contributed by atoms with Crippen molar-refractivity contribution in [3.8, 4) is 0 Å². The second kappa shape index (κ2) is 6.90. The lowest BCUT2D eigenvalue weighted by Crippen LogP contribution is -2.32. The molecule has 0 unspecified atom stereocenters. The van der Waals surface area contributed by atoms with Crippen molar-refractivity contribution in [2.75, 3.05) is 11.9 Å². The number of hydrogen-bond donors (Lipinski definition) is 2. The number of halogens is 3. The number of rotatable bonds is 4. The van der Waals surface area contributed by atoms with Gasteiger partial charge in [0.15, 0.2) is 24.1 Å². The average Bonchev–Trinajstić information content (AvgIpc) is 2.54. The maximum Gasteiger partial charge on any atom is 0.355 e. The summed E-state index contributed by atoms with van der Waals surface area (Å²) in [4.78, 5) is 33.9. The van der Waals surface area contributed by atoms with Crippen LogP contribution < -0.4 is 10.7 Å². The van der Waals surface area contributed by atoms with E-state index in [0.717, 1.165) is 6.07 Å². The molecule has 2 N–H and O–H groups in total. The summed E-state index contributed by atoms with van der Waals surface area (Å²) in [5.74, 6) is -6.93. The van der Waals surface area contributed by atoms with Crippen LogP contribution in [0.5, 0.6) is 0 Å². The Bertz CT molecular complexity index is 706. The van der Waals surface area contributed by atoms with Gasteiger partial charge in [0.2, 0.25) is 5.91 Å². The summed E-state index contributed by atoms with van der Waals surface area (Å²) in [6.45, 7) is -0.787. The van der Waals surface area contributed by atoms with Crippen LogP contribution in [-0.4, -0.2) is 30.1 Å². The van der Waals surface area contributed by atoms with E-state index in [1.165, 1.54) is 0 Å². The molecule has 0 saturated carbocycles. The molecule has 0 radical (unpaired) electrons. The number of carbonyl (C=O) groups excluding carboxylic acids is 3. The van der Waals surface area contributed by atoms with Crippen molar-refractivity contribution >= 4 is 29.2 Å². The third-order valence-electron chi connectivity index (χ3n) is 2.78. The Kier molecular flexibility index (Phi) is 4.94. The minimum Gasteiger partial charge on any atom is -0.451 e. The quantitative estimate of drug-likeness (QED) is 0.632. The molecule has 2 rings (SSSR count). The number of carbonyl (C=O) groups is 3. The second-order valence-electron chi connectivity index (χ2n) is 4.44. The smallest absolute Gasteiger partial charge is 0.355 e. The minimum atomic E-state index is -1.73. The van der Waals surface area contributed by atoms with Crippen molar-refractivity contribution < 1.29 is 32.3 Å². The topological polar surface area (TPSA) is 96.9 Å². The minimum absolute atomic E-state index is 0.0558. The molecule has 1 aliphatic rings. The number of hydrazone groups is 1. The lowest BCUT2D eigenvalue weighted by atomic mass is 10.2.